The van der Waals surface area contributed by atoms with Crippen molar-refractivity contribution in [3.05, 3.63) is 24.3 Å². The van der Waals surface area contributed by atoms with Crippen LogP contribution in [0.5, 0.6) is 5.75 Å². The van der Waals surface area contributed by atoms with Crippen LogP contribution in [0.4, 0.5) is 5.69 Å². The number of nitrogens with two attached hydrogens (primary N) is 1. The monoisotopic (exact) mass is 250 g/mol. The van der Waals surface area contributed by atoms with Crippen molar-refractivity contribution in [1.82, 2.24) is 0 Å². The lowest BCUT2D eigenvalue weighted by molar-refractivity contribution is -0.116. The van der Waals surface area contributed by atoms with Gasteiger partial charge in [0.05, 0.1) is 12.3 Å². The molecule has 4 nitrogen and oxygen atoms in total. The van der Waals surface area contributed by atoms with E-state index in [-0.39, 0.29) is 11.9 Å². The average Bonchev–Trinajstić information content (AvgIpc) is 2.37. The predicted octanol–water partition coefficient (Wildman–Crippen LogP) is 2.54. The summed E-state index contributed by atoms with van der Waals surface area (Å²) < 4.78 is 5.57. The lowest BCUT2D eigenvalue weighted by atomic mass is 10.1. The van der Waals surface area contributed by atoms with E-state index in [1.807, 2.05) is 38.1 Å². The van der Waals surface area contributed by atoms with Crippen molar-refractivity contribution in [3.63, 3.8) is 0 Å². The highest BCUT2D eigenvalue weighted by Gasteiger charge is 2.10. The van der Waals surface area contributed by atoms with E-state index >= 15 is 0 Å². The molecule has 0 saturated heterocycles. The predicted molar refractivity (Wildman–Crippen MR) is 73.7 cm³/mol. The van der Waals surface area contributed by atoms with E-state index in [1.54, 1.807) is 0 Å². The van der Waals surface area contributed by atoms with Gasteiger partial charge in [0.2, 0.25) is 5.91 Å². The van der Waals surface area contributed by atoms with Gasteiger partial charge >= 0.3 is 0 Å². The van der Waals surface area contributed by atoms with Crippen LogP contribution in [0, 0.1) is 0 Å². The summed E-state index contributed by atoms with van der Waals surface area (Å²) in [7, 11) is 0. The molecule has 0 aliphatic heterocycles. The van der Waals surface area contributed by atoms with Gasteiger partial charge in [0.25, 0.3) is 0 Å². The van der Waals surface area contributed by atoms with Crippen LogP contribution in [0.25, 0.3) is 0 Å². The highest BCUT2D eigenvalue weighted by molar-refractivity contribution is 5.92. The van der Waals surface area contributed by atoms with Crippen LogP contribution in [0.3, 0.4) is 0 Å². The molecule has 3 N–H and O–H groups in total. The third-order valence-corrected chi connectivity index (χ3v) is 2.59. The van der Waals surface area contributed by atoms with Crippen LogP contribution in [0.2, 0.25) is 0 Å². The minimum atomic E-state index is -0.0891. The Bertz CT molecular complexity index is 380. The van der Waals surface area contributed by atoms with Gasteiger partial charge in [-0.3, -0.25) is 4.79 Å². The van der Waals surface area contributed by atoms with Gasteiger partial charge in [-0.15, -0.1) is 0 Å². The number of anilines is 1. The van der Waals surface area contributed by atoms with Crippen LogP contribution in [0.15, 0.2) is 24.3 Å². The number of ether oxygens (including phenoxy) is 1. The molecular weight excluding hydrogens is 228 g/mol. The first-order valence-electron chi connectivity index (χ1n) is 6.44. The van der Waals surface area contributed by atoms with Crippen molar-refractivity contribution in [2.45, 2.75) is 39.2 Å². The molecule has 100 valence electrons. The van der Waals surface area contributed by atoms with Crippen LogP contribution in [-0.2, 0) is 4.79 Å². The summed E-state index contributed by atoms with van der Waals surface area (Å²) in [6.45, 7) is 4.65. The quantitative estimate of drug-likeness (QED) is 0.781. The zero-order valence-corrected chi connectivity index (χ0v) is 11.1. The van der Waals surface area contributed by atoms with Gasteiger partial charge in [-0.25, -0.2) is 0 Å². The van der Waals surface area contributed by atoms with E-state index in [0.717, 1.165) is 12.8 Å². The molecule has 0 aliphatic carbocycles. The van der Waals surface area contributed by atoms with Crippen LogP contribution < -0.4 is 15.8 Å². The third kappa shape index (κ3) is 4.75. The van der Waals surface area contributed by atoms with E-state index in [9.17, 15) is 4.79 Å². The molecular formula is C14H22N2O2. The first-order valence-corrected chi connectivity index (χ1v) is 6.44. The Morgan fingerprint density at radius 2 is 2.11 bits per heavy atom. The Hall–Kier alpha value is -1.55. The molecule has 0 aromatic heterocycles. The smallest absolute Gasteiger partial charge is 0.226 e. The molecule has 1 atom stereocenters. The molecule has 4 heteroatoms. The van der Waals surface area contributed by atoms with E-state index in [0.29, 0.717) is 24.5 Å². The fourth-order valence-electron chi connectivity index (χ4n) is 1.49. The van der Waals surface area contributed by atoms with Gasteiger partial charge in [-0.1, -0.05) is 26.0 Å². The van der Waals surface area contributed by atoms with E-state index in [4.69, 9.17) is 10.5 Å². The van der Waals surface area contributed by atoms with Crippen LogP contribution >= 0.6 is 0 Å². The van der Waals surface area contributed by atoms with Crippen molar-refractivity contribution in [2.24, 2.45) is 5.73 Å². The third-order valence-electron chi connectivity index (χ3n) is 2.59. The maximum Gasteiger partial charge on any atom is 0.226 e. The zero-order valence-electron chi connectivity index (χ0n) is 11.1. The molecule has 0 spiro atoms. The Morgan fingerprint density at radius 1 is 1.39 bits per heavy atom. The van der Waals surface area contributed by atoms with Gasteiger partial charge in [-0.2, -0.15) is 0 Å². The number of carbonyl (C=O) groups is 1. The van der Waals surface area contributed by atoms with Crippen molar-refractivity contribution in [3.8, 4) is 5.75 Å². The minimum Gasteiger partial charge on any atom is -0.491 e. The first-order chi connectivity index (χ1) is 8.67. The Balaban J connectivity index is 2.62. The zero-order chi connectivity index (χ0) is 13.4. The highest BCUT2D eigenvalue weighted by atomic mass is 16.5. The highest BCUT2D eigenvalue weighted by Crippen LogP contribution is 2.24. The molecule has 0 heterocycles. The molecule has 1 aromatic carbocycles. The number of para-hydroxylation sites is 2. The molecule has 0 saturated carbocycles. The topological polar surface area (TPSA) is 64.3 Å². The molecule has 1 unspecified atom stereocenters. The molecule has 1 aromatic rings. The first kappa shape index (κ1) is 14.5. The summed E-state index contributed by atoms with van der Waals surface area (Å²) in [5, 5.41) is 2.84. The molecule has 1 amide bonds. The fourth-order valence-corrected chi connectivity index (χ4v) is 1.49. The lowest BCUT2D eigenvalue weighted by Gasteiger charge is -2.13. The van der Waals surface area contributed by atoms with Crippen molar-refractivity contribution in [1.29, 1.82) is 0 Å². The van der Waals surface area contributed by atoms with Gasteiger partial charge < -0.3 is 15.8 Å². The number of rotatable bonds is 7. The molecule has 0 fully saturated rings. The number of benzene rings is 1. The van der Waals surface area contributed by atoms with Crippen molar-refractivity contribution < 1.29 is 9.53 Å². The van der Waals surface area contributed by atoms with E-state index < -0.39 is 0 Å². The van der Waals surface area contributed by atoms with Gasteiger partial charge in [0.1, 0.15) is 5.75 Å². The summed E-state index contributed by atoms with van der Waals surface area (Å²) in [6.07, 6.45) is 2.06. The molecule has 0 aliphatic rings. The maximum atomic E-state index is 11.8. The number of hydrogen-bond donors (Lipinski definition) is 2. The largest absolute Gasteiger partial charge is 0.491 e. The lowest BCUT2D eigenvalue weighted by Crippen LogP contribution is -2.26. The SMILES string of the molecule is CCCOc1ccccc1NC(=O)CC(N)CC. The molecule has 18 heavy (non-hydrogen) atoms. The number of amides is 1. The van der Waals surface area contributed by atoms with Crippen LogP contribution in [0.1, 0.15) is 33.1 Å². The Kier molecular flexibility index (Phi) is 6.22. The minimum absolute atomic E-state index is 0.0723. The van der Waals surface area contributed by atoms with E-state index in [2.05, 4.69) is 5.32 Å². The summed E-state index contributed by atoms with van der Waals surface area (Å²) >= 11 is 0. The molecule has 1 rings (SSSR count). The second kappa shape index (κ2) is 7.71. The van der Waals surface area contributed by atoms with Gasteiger partial charge in [0, 0.05) is 12.5 Å². The maximum absolute atomic E-state index is 11.8. The van der Waals surface area contributed by atoms with Gasteiger partial charge in [-0.05, 0) is 25.0 Å². The summed E-state index contributed by atoms with van der Waals surface area (Å²) in [6, 6.07) is 7.35. The van der Waals surface area contributed by atoms with Crippen molar-refractivity contribution >= 4 is 11.6 Å². The number of nitrogens with one attached hydrogen (secondary N) is 1. The second-order valence-electron chi connectivity index (χ2n) is 4.27. The molecule has 0 radical (unpaired) electrons. The van der Waals surface area contributed by atoms with Crippen LogP contribution in [-0.4, -0.2) is 18.6 Å². The normalized spacial score (nSPS) is 11.9. The van der Waals surface area contributed by atoms with E-state index in [1.165, 1.54) is 0 Å². The standard InChI is InChI=1S/C14H22N2O2/c1-3-9-18-13-8-6-5-7-12(13)16-14(17)10-11(15)4-2/h5-8,11H,3-4,9-10,15H2,1-2H3,(H,16,17). The second-order valence-corrected chi connectivity index (χ2v) is 4.27. The summed E-state index contributed by atoms with van der Waals surface area (Å²) in [4.78, 5) is 11.8. The van der Waals surface area contributed by atoms with Gasteiger partial charge in [0.15, 0.2) is 0 Å². The summed E-state index contributed by atoms with van der Waals surface area (Å²) in [5.74, 6) is 0.634. The van der Waals surface area contributed by atoms with Crippen molar-refractivity contribution in [2.75, 3.05) is 11.9 Å². The number of carbonyl (C=O) groups excluding carboxylic acids is 1. The fraction of sp³-hybridized carbons (Fsp3) is 0.500. The Labute approximate surface area is 109 Å². The summed E-state index contributed by atoms with van der Waals surface area (Å²) in [5.41, 5.74) is 6.46. The number of hydrogen-bond acceptors (Lipinski definition) is 3. The Morgan fingerprint density at radius 3 is 2.78 bits per heavy atom. The molecule has 0 bridgehead atoms. The average molecular weight is 250 g/mol.